The van der Waals surface area contributed by atoms with Gasteiger partial charge in [-0.05, 0) is 30.7 Å². The maximum atomic E-state index is 12.8. The second-order valence-corrected chi connectivity index (χ2v) is 6.95. The molecule has 0 bridgehead atoms. The molecule has 11 heteroatoms. The zero-order valence-electron chi connectivity index (χ0n) is 15.6. The summed E-state index contributed by atoms with van der Waals surface area (Å²) in [5.41, 5.74) is 0.221. The molecule has 154 valence electrons. The Labute approximate surface area is 168 Å². The Hall–Kier alpha value is -3.68. The van der Waals surface area contributed by atoms with E-state index in [-0.39, 0.29) is 29.8 Å². The minimum absolute atomic E-state index is 0.00277. The first kappa shape index (κ1) is 19.6. The number of anilines is 1. The number of rotatable bonds is 4. The molecule has 1 amide bonds. The molecule has 1 atom stereocenters. The van der Waals surface area contributed by atoms with Crippen LogP contribution in [0.25, 0.3) is 10.9 Å². The minimum Gasteiger partial charge on any atom is -0.369 e. The normalized spacial score (nSPS) is 16.6. The quantitative estimate of drug-likeness (QED) is 0.701. The maximum Gasteiger partial charge on any atom is 0.433 e. The van der Waals surface area contributed by atoms with Gasteiger partial charge in [-0.15, -0.1) is 5.10 Å². The van der Waals surface area contributed by atoms with Crippen LogP contribution in [0, 0.1) is 11.3 Å². The van der Waals surface area contributed by atoms with E-state index in [4.69, 9.17) is 5.26 Å². The van der Waals surface area contributed by atoms with Crippen LogP contribution in [0.2, 0.25) is 0 Å². The summed E-state index contributed by atoms with van der Waals surface area (Å²) >= 11 is 0. The molecule has 1 aromatic carbocycles. The van der Waals surface area contributed by atoms with Crippen LogP contribution in [0.3, 0.4) is 0 Å². The minimum atomic E-state index is -4.48. The van der Waals surface area contributed by atoms with Crippen LogP contribution in [0.1, 0.15) is 17.9 Å². The summed E-state index contributed by atoms with van der Waals surface area (Å²) in [6, 6.07) is 9.22. The van der Waals surface area contributed by atoms with Crippen LogP contribution in [-0.2, 0) is 17.5 Å². The third-order valence-corrected chi connectivity index (χ3v) is 4.82. The van der Waals surface area contributed by atoms with E-state index in [0.29, 0.717) is 18.5 Å². The molecule has 8 nitrogen and oxygen atoms in total. The number of hydrogen-bond acceptors (Lipinski definition) is 6. The highest BCUT2D eigenvalue weighted by atomic mass is 19.4. The Kier molecular flexibility index (Phi) is 4.99. The Balaban J connectivity index is 1.39. The fourth-order valence-electron chi connectivity index (χ4n) is 3.42. The summed E-state index contributed by atoms with van der Waals surface area (Å²) in [6.07, 6.45) is -2.42. The predicted molar refractivity (Wildman–Crippen MR) is 100 cm³/mol. The van der Waals surface area contributed by atoms with Gasteiger partial charge in [0.05, 0.1) is 5.52 Å². The predicted octanol–water partition coefficient (Wildman–Crippen LogP) is 2.11. The summed E-state index contributed by atoms with van der Waals surface area (Å²) in [7, 11) is 0. The van der Waals surface area contributed by atoms with Crippen LogP contribution in [0.4, 0.5) is 18.9 Å². The van der Waals surface area contributed by atoms with Gasteiger partial charge >= 0.3 is 6.18 Å². The van der Waals surface area contributed by atoms with Gasteiger partial charge in [0.25, 0.3) is 5.82 Å². The third-order valence-electron chi connectivity index (χ3n) is 4.82. The molecule has 1 saturated heterocycles. The van der Waals surface area contributed by atoms with E-state index in [1.807, 2.05) is 0 Å². The molecule has 0 aliphatic carbocycles. The zero-order valence-corrected chi connectivity index (χ0v) is 15.6. The van der Waals surface area contributed by atoms with E-state index in [1.54, 1.807) is 24.3 Å². The second-order valence-electron chi connectivity index (χ2n) is 6.95. The number of carbonyl (C=O) groups is 1. The molecule has 0 radical (unpaired) electrons. The van der Waals surface area contributed by atoms with E-state index in [9.17, 15) is 18.0 Å². The number of amides is 1. The number of alkyl halides is 3. The zero-order chi connectivity index (χ0) is 21.3. The lowest BCUT2D eigenvalue weighted by Crippen LogP contribution is -2.39. The van der Waals surface area contributed by atoms with E-state index in [2.05, 4.69) is 25.3 Å². The van der Waals surface area contributed by atoms with Crippen LogP contribution in [-0.4, -0.2) is 44.8 Å². The van der Waals surface area contributed by atoms with Crippen molar-refractivity contribution >= 4 is 22.5 Å². The van der Waals surface area contributed by atoms with Gasteiger partial charge in [-0.2, -0.15) is 18.4 Å². The van der Waals surface area contributed by atoms with Crippen molar-refractivity contribution < 1.29 is 18.0 Å². The second kappa shape index (κ2) is 7.62. The SMILES string of the molecule is N#Cc1ncn(CC(=O)N[C@H]2CCN(c3ccc4nc(C(F)(F)F)ccc4c3)C2)n1. The van der Waals surface area contributed by atoms with Gasteiger partial charge < -0.3 is 10.2 Å². The molecule has 0 unspecified atom stereocenters. The average Bonchev–Trinajstić information content (AvgIpc) is 3.35. The van der Waals surface area contributed by atoms with Crippen molar-refractivity contribution in [2.75, 3.05) is 18.0 Å². The Morgan fingerprint density at radius 2 is 2.13 bits per heavy atom. The molecule has 0 spiro atoms. The Bertz CT molecular complexity index is 1140. The third kappa shape index (κ3) is 4.17. The van der Waals surface area contributed by atoms with Crippen molar-refractivity contribution in [3.63, 3.8) is 0 Å². The number of carbonyl (C=O) groups excluding carboxylic acids is 1. The molecule has 3 heterocycles. The molecular weight excluding hydrogens is 399 g/mol. The molecular formula is C19H16F3N7O. The fraction of sp³-hybridized carbons (Fsp3) is 0.316. The summed E-state index contributed by atoms with van der Waals surface area (Å²) in [5.74, 6) is -0.235. The highest BCUT2D eigenvalue weighted by Gasteiger charge is 2.32. The first-order chi connectivity index (χ1) is 14.3. The number of nitrogens with zero attached hydrogens (tertiary/aromatic N) is 6. The first-order valence-corrected chi connectivity index (χ1v) is 9.14. The van der Waals surface area contributed by atoms with Crippen molar-refractivity contribution in [2.24, 2.45) is 0 Å². The summed E-state index contributed by atoms with van der Waals surface area (Å²) in [6.45, 7) is 1.24. The van der Waals surface area contributed by atoms with Gasteiger partial charge in [0.2, 0.25) is 5.91 Å². The van der Waals surface area contributed by atoms with Crippen LogP contribution in [0.5, 0.6) is 0 Å². The number of pyridine rings is 1. The molecule has 1 aliphatic rings. The van der Waals surface area contributed by atoms with Gasteiger partial charge in [0.1, 0.15) is 24.6 Å². The Morgan fingerprint density at radius 1 is 1.30 bits per heavy atom. The molecule has 4 rings (SSSR count). The average molecular weight is 415 g/mol. The van der Waals surface area contributed by atoms with Crippen molar-refractivity contribution in [1.82, 2.24) is 25.1 Å². The van der Waals surface area contributed by atoms with Crippen molar-refractivity contribution in [1.29, 1.82) is 5.26 Å². The molecule has 3 aromatic rings. The van der Waals surface area contributed by atoms with Crippen molar-refractivity contribution in [2.45, 2.75) is 25.2 Å². The van der Waals surface area contributed by atoms with Gasteiger partial charge in [0.15, 0.2) is 0 Å². The van der Waals surface area contributed by atoms with Crippen molar-refractivity contribution in [3.05, 3.63) is 48.2 Å². The van der Waals surface area contributed by atoms with E-state index in [0.717, 1.165) is 18.2 Å². The van der Waals surface area contributed by atoms with E-state index in [1.165, 1.54) is 17.1 Å². The number of benzene rings is 1. The molecule has 1 fully saturated rings. The fourth-order valence-corrected chi connectivity index (χ4v) is 3.42. The van der Waals surface area contributed by atoms with Crippen molar-refractivity contribution in [3.8, 4) is 6.07 Å². The monoisotopic (exact) mass is 415 g/mol. The van der Waals surface area contributed by atoms with Gasteiger partial charge in [-0.3, -0.25) is 4.79 Å². The molecule has 0 saturated carbocycles. The molecule has 30 heavy (non-hydrogen) atoms. The van der Waals surface area contributed by atoms with Crippen LogP contribution >= 0.6 is 0 Å². The lowest BCUT2D eigenvalue weighted by molar-refractivity contribution is -0.141. The standard InChI is InChI=1S/C19H16F3N7O/c20-19(21,22)16-4-1-12-7-14(2-3-15(12)26-16)28-6-5-13(9-28)25-18(30)10-29-11-24-17(8-23)27-29/h1-4,7,11,13H,5-6,9-10H2,(H,25,30)/t13-/m0/s1. The van der Waals surface area contributed by atoms with Gasteiger partial charge in [-0.25, -0.2) is 14.6 Å². The number of nitrogens with one attached hydrogen (secondary N) is 1. The highest BCUT2D eigenvalue weighted by molar-refractivity contribution is 5.83. The summed E-state index contributed by atoms with van der Waals surface area (Å²) in [5, 5.41) is 16.1. The topological polar surface area (TPSA) is 99.7 Å². The van der Waals surface area contributed by atoms with E-state index < -0.39 is 11.9 Å². The number of fused-ring (bicyclic) bond motifs is 1. The molecule has 1 aliphatic heterocycles. The number of aromatic nitrogens is 4. The van der Waals surface area contributed by atoms with Crippen LogP contribution in [0.15, 0.2) is 36.7 Å². The summed E-state index contributed by atoms with van der Waals surface area (Å²) < 4.78 is 39.7. The summed E-state index contributed by atoms with van der Waals surface area (Å²) in [4.78, 5) is 21.7. The number of halogens is 3. The largest absolute Gasteiger partial charge is 0.433 e. The van der Waals surface area contributed by atoms with Crippen LogP contribution < -0.4 is 10.2 Å². The number of nitriles is 1. The molecule has 2 aromatic heterocycles. The maximum absolute atomic E-state index is 12.8. The Morgan fingerprint density at radius 3 is 2.87 bits per heavy atom. The highest BCUT2D eigenvalue weighted by Crippen LogP contribution is 2.30. The first-order valence-electron chi connectivity index (χ1n) is 9.14. The smallest absolute Gasteiger partial charge is 0.369 e. The van der Waals surface area contributed by atoms with Gasteiger partial charge in [-0.1, -0.05) is 6.07 Å². The molecule has 1 N–H and O–H groups in total. The van der Waals surface area contributed by atoms with Gasteiger partial charge in [0, 0.05) is 30.2 Å². The van der Waals surface area contributed by atoms with E-state index >= 15 is 0 Å². The lowest BCUT2D eigenvalue weighted by Gasteiger charge is -2.19. The number of hydrogen-bond donors (Lipinski definition) is 1. The lowest BCUT2D eigenvalue weighted by atomic mass is 10.1.